The Morgan fingerprint density at radius 2 is 1.81 bits per heavy atom. The smallest absolute Gasteiger partial charge is 0.00201 e. The Bertz CT molecular complexity index is 268. The Balaban J connectivity index is 2.63. The first-order valence-corrected chi connectivity index (χ1v) is 6.53. The van der Waals surface area contributed by atoms with Crippen LogP contribution in [-0.4, -0.2) is 13.1 Å². The molecular weight excluding hydrogens is 194 g/mol. The van der Waals surface area contributed by atoms with Crippen molar-refractivity contribution in [3.8, 4) is 0 Å². The van der Waals surface area contributed by atoms with E-state index in [0.717, 1.165) is 19.0 Å². The van der Waals surface area contributed by atoms with Gasteiger partial charge in [-0.2, -0.15) is 0 Å². The van der Waals surface area contributed by atoms with E-state index in [2.05, 4.69) is 56.4 Å². The van der Waals surface area contributed by atoms with Crippen LogP contribution in [0.5, 0.6) is 0 Å². The molecule has 1 N–H and O–H groups in total. The molecule has 0 bridgehead atoms. The summed E-state index contributed by atoms with van der Waals surface area (Å²) in [6.45, 7) is 8.96. The molecule has 1 heteroatoms. The van der Waals surface area contributed by atoms with Gasteiger partial charge in [-0.05, 0) is 30.4 Å². The number of nitrogens with one attached hydrogen (secondary N) is 1. The predicted molar refractivity (Wildman–Crippen MR) is 71.8 cm³/mol. The number of hydrogen-bond acceptors (Lipinski definition) is 1. The molecule has 0 heterocycles. The van der Waals surface area contributed by atoms with E-state index in [9.17, 15) is 0 Å². The van der Waals surface area contributed by atoms with Crippen molar-refractivity contribution in [1.82, 2.24) is 5.32 Å². The molecule has 1 nitrogen and oxygen atoms in total. The van der Waals surface area contributed by atoms with Gasteiger partial charge in [0.25, 0.3) is 0 Å². The third kappa shape index (κ3) is 4.36. The molecule has 0 saturated carbocycles. The van der Waals surface area contributed by atoms with E-state index in [1.165, 1.54) is 18.4 Å². The van der Waals surface area contributed by atoms with Crippen molar-refractivity contribution >= 4 is 0 Å². The summed E-state index contributed by atoms with van der Waals surface area (Å²) in [6.07, 6.45) is 2.56. The summed E-state index contributed by atoms with van der Waals surface area (Å²) in [4.78, 5) is 0. The van der Waals surface area contributed by atoms with Gasteiger partial charge in [0.15, 0.2) is 0 Å². The van der Waals surface area contributed by atoms with Crippen LogP contribution >= 0.6 is 0 Å². The third-order valence-corrected chi connectivity index (χ3v) is 3.30. The van der Waals surface area contributed by atoms with Gasteiger partial charge in [-0.25, -0.2) is 0 Å². The van der Waals surface area contributed by atoms with Gasteiger partial charge >= 0.3 is 0 Å². The van der Waals surface area contributed by atoms with Crippen LogP contribution in [-0.2, 0) is 0 Å². The Kier molecular flexibility index (Phi) is 6.17. The fourth-order valence-electron chi connectivity index (χ4n) is 2.03. The molecule has 16 heavy (non-hydrogen) atoms. The summed E-state index contributed by atoms with van der Waals surface area (Å²) < 4.78 is 0. The first-order valence-electron chi connectivity index (χ1n) is 6.53. The first kappa shape index (κ1) is 13.2. The van der Waals surface area contributed by atoms with E-state index in [0.29, 0.717) is 5.92 Å². The molecule has 0 radical (unpaired) electrons. The Hall–Kier alpha value is -0.820. The van der Waals surface area contributed by atoms with Crippen LogP contribution < -0.4 is 5.32 Å². The van der Waals surface area contributed by atoms with Gasteiger partial charge in [0.2, 0.25) is 0 Å². The summed E-state index contributed by atoms with van der Waals surface area (Å²) in [5, 5.41) is 3.48. The monoisotopic (exact) mass is 219 g/mol. The van der Waals surface area contributed by atoms with Crippen molar-refractivity contribution in [2.24, 2.45) is 5.92 Å². The van der Waals surface area contributed by atoms with Crippen LogP contribution in [0.4, 0.5) is 0 Å². The molecule has 1 aromatic rings. The molecule has 0 amide bonds. The lowest BCUT2D eigenvalue weighted by Gasteiger charge is -2.21. The summed E-state index contributed by atoms with van der Waals surface area (Å²) in [5.41, 5.74) is 1.48. The van der Waals surface area contributed by atoms with Crippen molar-refractivity contribution in [2.45, 2.75) is 39.5 Å². The maximum absolute atomic E-state index is 3.48. The molecule has 90 valence electrons. The van der Waals surface area contributed by atoms with Crippen molar-refractivity contribution in [2.75, 3.05) is 13.1 Å². The Morgan fingerprint density at radius 3 is 2.38 bits per heavy atom. The van der Waals surface area contributed by atoms with Crippen LogP contribution in [0.1, 0.15) is 45.1 Å². The molecule has 2 unspecified atom stereocenters. The standard InChI is InChI=1S/C15H25N/c1-4-13(3)11-15(12-16-5-2)14-9-7-6-8-10-14/h6-10,13,15-16H,4-5,11-12H2,1-3H3. The van der Waals surface area contributed by atoms with Crippen molar-refractivity contribution < 1.29 is 0 Å². The lowest BCUT2D eigenvalue weighted by atomic mass is 9.88. The van der Waals surface area contributed by atoms with Gasteiger partial charge in [0, 0.05) is 6.54 Å². The molecule has 0 aromatic heterocycles. The van der Waals surface area contributed by atoms with Crippen LogP contribution in [0, 0.1) is 5.92 Å². The maximum atomic E-state index is 3.48. The second kappa shape index (κ2) is 7.45. The van der Waals surface area contributed by atoms with Crippen molar-refractivity contribution in [3.63, 3.8) is 0 Å². The van der Waals surface area contributed by atoms with Crippen LogP contribution in [0.25, 0.3) is 0 Å². The molecule has 1 aromatic carbocycles. The fraction of sp³-hybridized carbons (Fsp3) is 0.600. The average Bonchev–Trinajstić information content (AvgIpc) is 2.35. The van der Waals surface area contributed by atoms with E-state index >= 15 is 0 Å². The summed E-state index contributed by atoms with van der Waals surface area (Å²) in [7, 11) is 0. The topological polar surface area (TPSA) is 12.0 Å². The molecule has 2 atom stereocenters. The highest BCUT2D eigenvalue weighted by Crippen LogP contribution is 2.24. The summed E-state index contributed by atoms with van der Waals surface area (Å²) >= 11 is 0. The highest BCUT2D eigenvalue weighted by Gasteiger charge is 2.13. The number of likely N-dealkylation sites (N-methyl/N-ethyl adjacent to an activating group) is 1. The quantitative estimate of drug-likeness (QED) is 0.735. The van der Waals surface area contributed by atoms with E-state index in [1.807, 2.05) is 0 Å². The minimum absolute atomic E-state index is 0.663. The molecule has 0 aliphatic heterocycles. The van der Waals surface area contributed by atoms with E-state index in [1.54, 1.807) is 0 Å². The molecule has 0 aliphatic rings. The highest BCUT2D eigenvalue weighted by molar-refractivity contribution is 5.19. The molecule has 0 saturated heterocycles. The largest absolute Gasteiger partial charge is 0.316 e. The number of rotatable bonds is 7. The first-order chi connectivity index (χ1) is 7.77. The van der Waals surface area contributed by atoms with Gasteiger partial charge in [-0.15, -0.1) is 0 Å². The van der Waals surface area contributed by atoms with Crippen molar-refractivity contribution in [1.29, 1.82) is 0 Å². The highest BCUT2D eigenvalue weighted by atomic mass is 14.8. The lowest BCUT2D eigenvalue weighted by molar-refractivity contribution is 0.438. The van der Waals surface area contributed by atoms with Crippen molar-refractivity contribution in [3.05, 3.63) is 35.9 Å². The summed E-state index contributed by atoms with van der Waals surface area (Å²) in [5.74, 6) is 1.47. The third-order valence-electron chi connectivity index (χ3n) is 3.30. The van der Waals surface area contributed by atoms with Gasteiger partial charge in [-0.1, -0.05) is 57.5 Å². The maximum Gasteiger partial charge on any atom is 0.00201 e. The summed E-state index contributed by atoms with van der Waals surface area (Å²) in [6, 6.07) is 10.9. The number of benzene rings is 1. The normalized spacial score (nSPS) is 14.7. The minimum atomic E-state index is 0.663. The Labute approximate surface area is 100 Å². The van der Waals surface area contributed by atoms with Gasteiger partial charge in [0.05, 0.1) is 0 Å². The average molecular weight is 219 g/mol. The second-order valence-electron chi connectivity index (χ2n) is 4.66. The zero-order chi connectivity index (χ0) is 11.8. The van der Waals surface area contributed by atoms with Gasteiger partial charge in [-0.3, -0.25) is 0 Å². The van der Waals surface area contributed by atoms with E-state index < -0.39 is 0 Å². The minimum Gasteiger partial charge on any atom is -0.316 e. The van der Waals surface area contributed by atoms with E-state index in [4.69, 9.17) is 0 Å². The van der Waals surface area contributed by atoms with Crippen LogP contribution in [0.2, 0.25) is 0 Å². The molecule has 0 fully saturated rings. The van der Waals surface area contributed by atoms with Gasteiger partial charge in [0.1, 0.15) is 0 Å². The molecule has 0 spiro atoms. The zero-order valence-corrected chi connectivity index (χ0v) is 10.9. The molecule has 0 aliphatic carbocycles. The van der Waals surface area contributed by atoms with E-state index in [-0.39, 0.29) is 0 Å². The van der Waals surface area contributed by atoms with Crippen LogP contribution in [0.15, 0.2) is 30.3 Å². The zero-order valence-electron chi connectivity index (χ0n) is 10.9. The Morgan fingerprint density at radius 1 is 1.12 bits per heavy atom. The SMILES string of the molecule is CCNCC(CC(C)CC)c1ccccc1. The predicted octanol–water partition coefficient (Wildman–Crippen LogP) is 3.82. The molecular formula is C15H25N. The fourth-order valence-corrected chi connectivity index (χ4v) is 2.03. The lowest BCUT2D eigenvalue weighted by Crippen LogP contribution is -2.22. The number of hydrogen-bond donors (Lipinski definition) is 1. The second-order valence-corrected chi connectivity index (χ2v) is 4.66. The van der Waals surface area contributed by atoms with Gasteiger partial charge < -0.3 is 5.32 Å². The molecule has 1 rings (SSSR count). The van der Waals surface area contributed by atoms with Crippen LogP contribution in [0.3, 0.4) is 0 Å².